The number of hydrogen-bond donors (Lipinski definition) is 2. The topological polar surface area (TPSA) is 65.7 Å². The Bertz CT molecular complexity index is 524. The molecule has 2 rings (SSSR count). The Balaban J connectivity index is 2.53. The van der Waals surface area contributed by atoms with E-state index in [2.05, 4.69) is 20.8 Å². The van der Waals surface area contributed by atoms with Gasteiger partial charge in [-0.2, -0.15) is 0 Å². The average Bonchev–Trinajstić information content (AvgIpc) is 2.82. The lowest BCUT2D eigenvalue weighted by molar-refractivity contribution is 0.0170. The first-order chi connectivity index (χ1) is 9.76. The molecule has 0 fully saturated rings. The third-order valence-corrected chi connectivity index (χ3v) is 4.35. The third kappa shape index (κ3) is 2.85. The van der Waals surface area contributed by atoms with E-state index in [9.17, 15) is 15.0 Å². The molecular weight excluding hydrogens is 268 g/mol. The van der Waals surface area contributed by atoms with Gasteiger partial charge in [0.1, 0.15) is 5.69 Å². The number of carbonyl (C=O) groups is 1. The molecule has 2 heterocycles. The molecule has 21 heavy (non-hydrogen) atoms. The molecule has 1 aliphatic rings. The summed E-state index contributed by atoms with van der Waals surface area (Å²) in [6.45, 7) is 9.35. The number of rotatable bonds is 3. The summed E-state index contributed by atoms with van der Waals surface area (Å²) >= 11 is 0. The quantitative estimate of drug-likeness (QED) is 0.881. The van der Waals surface area contributed by atoms with Crippen molar-refractivity contribution in [3.05, 3.63) is 23.5 Å². The molecular formula is C16H26N2O3. The second kappa shape index (κ2) is 5.46. The highest BCUT2D eigenvalue weighted by atomic mass is 16.3. The number of aromatic nitrogens is 1. The second-order valence-electron chi connectivity index (χ2n) is 7.13. The Hall–Kier alpha value is -1.33. The summed E-state index contributed by atoms with van der Waals surface area (Å²) in [4.78, 5) is 14.4. The lowest BCUT2D eigenvalue weighted by Crippen LogP contribution is -2.44. The number of fused-ring (bicyclic) bond motifs is 1. The Morgan fingerprint density at radius 3 is 2.33 bits per heavy atom. The van der Waals surface area contributed by atoms with E-state index in [-0.39, 0.29) is 24.5 Å². The minimum atomic E-state index is -0.689. The summed E-state index contributed by atoms with van der Waals surface area (Å²) in [7, 11) is 0. The molecule has 0 atom stereocenters. The fraction of sp³-hybridized carbons (Fsp3) is 0.688. The fourth-order valence-electron chi connectivity index (χ4n) is 2.79. The molecule has 0 aliphatic carbocycles. The number of amides is 1. The molecule has 0 spiro atoms. The highest BCUT2D eigenvalue weighted by Crippen LogP contribution is 2.31. The summed E-state index contributed by atoms with van der Waals surface area (Å²) in [5.74, 6) is -0.0308. The Morgan fingerprint density at radius 2 is 1.86 bits per heavy atom. The van der Waals surface area contributed by atoms with Crippen molar-refractivity contribution in [2.75, 3.05) is 26.3 Å². The van der Waals surface area contributed by atoms with Crippen LogP contribution in [0.15, 0.2) is 12.3 Å². The second-order valence-corrected chi connectivity index (χ2v) is 7.13. The van der Waals surface area contributed by atoms with Crippen molar-refractivity contribution in [3.63, 3.8) is 0 Å². The first-order valence-electron chi connectivity index (χ1n) is 7.48. The van der Waals surface area contributed by atoms with Gasteiger partial charge in [-0.3, -0.25) is 4.79 Å². The zero-order valence-corrected chi connectivity index (χ0v) is 13.4. The monoisotopic (exact) mass is 294 g/mol. The zero-order chi connectivity index (χ0) is 15.8. The molecule has 0 aromatic carbocycles. The molecule has 5 nitrogen and oxygen atoms in total. The van der Waals surface area contributed by atoms with Crippen molar-refractivity contribution < 1.29 is 15.0 Å². The standard InChI is InChI=1S/C16H26N2O3/c1-5-17-8-16(10-19,11-20)9-18-7-12(15(2,3)4)6-13(18)14(17)21/h6-7,19-20H,5,8-11H2,1-4H3. The van der Waals surface area contributed by atoms with Crippen molar-refractivity contribution in [1.29, 1.82) is 0 Å². The lowest BCUT2D eigenvalue weighted by Gasteiger charge is -2.32. The Morgan fingerprint density at radius 1 is 1.24 bits per heavy atom. The maximum absolute atomic E-state index is 12.7. The van der Waals surface area contributed by atoms with Crippen molar-refractivity contribution >= 4 is 5.91 Å². The van der Waals surface area contributed by atoms with Crippen LogP contribution in [0.3, 0.4) is 0 Å². The van der Waals surface area contributed by atoms with Crippen molar-refractivity contribution in [2.45, 2.75) is 39.7 Å². The molecule has 0 saturated carbocycles. The van der Waals surface area contributed by atoms with Gasteiger partial charge in [-0.05, 0) is 24.0 Å². The van der Waals surface area contributed by atoms with E-state index >= 15 is 0 Å². The maximum atomic E-state index is 12.7. The lowest BCUT2D eigenvalue weighted by atomic mass is 9.88. The Kier molecular flexibility index (Phi) is 4.17. The van der Waals surface area contributed by atoms with Crippen LogP contribution in [0.5, 0.6) is 0 Å². The molecule has 0 radical (unpaired) electrons. The molecule has 1 amide bonds. The minimum absolute atomic E-state index is 0.0308. The largest absolute Gasteiger partial charge is 0.396 e. The van der Waals surface area contributed by atoms with E-state index < -0.39 is 5.41 Å². The van der Waals surface area contributed by atoms with Gasteiger partial charge in [-0.1, -0.05) is 20.8 Å². The normalized spacial score (nSPS) is 18.6. The summed E-state index contributed by atoms with van der Waals surface area (Å²) in [5, 5.41) is 19.5. The predicted octanol–water partition coefficient (Wildman–Crippen LogP) is 1.23. The summed E-state index contributed by atoms with van der Waals surface area (Å²) < 4.78 is 1.89. The van der Waals surface area contributed by atoms with Gasteiger partial charge in [-0.25, -0.2) is 0 Å². The Labute approximate surface area is 126 Å². The first kappa shape index (κ1) is 16.0. The number of hydrogen-bond acceptors (Lipinski definition) is 3. The number of carbonyl (C=O) groups excluding carboxylic acids is 1. The van der Waals surface area contributed by atoms with E-state index in [1.807, 2.05) is 23.8 Å². The zero-order valence-electron chi connectivity index (χ0n) is 13.4. The molecule has 0 bridgehead atoms. The van der Waals surface area contributed by atoms with Gasteiger partial charge in [0.05, 0.1) is 18.6 Å². The number of aliphatic hydroxyl groups is 2. The molecule has 0 unspecified atom stereocenters. The van der Waals surface area contributed by atoms with Crippen LogP contribution in [-0.2, 0) is 12.0 Å². The molecule has 1 aliphatic heterocycles. The first-order valence-corrected chi connectivity index (χ1v) is 7.48. The molecule has 1 aromatic heterocycles. The van der Waals surface area contributed by atoms with Crippen LogP contribution in [0.2, 0.25) is 0 Å². The van der Waals surface area contributed by atoms with E-state index in [1.54, 1.807) is 4.90 Å². The minimum Gasteiger partial charge on any atom is -0.396 e. The fourth-order valence-corrected chi connectivity index (χ4v) is 2.79. The van der Waals surface area contributed by atoms with E-state index in [0.717, 1.165) is 5.56 Å². The summed E-state index contributed by atoms with van der Waals surface area (Å²) in [6.07, 6.45) is 1.98. The summed E-state index contributed by atoms with van der Waals surface area (Å²) in [5.41, 5.74) is 1.00. The average molecular weight is 294 g/mol. The van der Waals surface area contributed by atoms with E-state index in [0.29, 0.717) is 25.3 Å². The van der Waals surface area contributed by atoms with Crippen LogP contribution in [-0.4, -0.2) is 51.9 Å². The predicted molar refractivity (Wildman–Crippen MR) is 81.3 cm³/mol. The molecule has 2 N–H and O–H groups in total. The third-order valence-electron chi connectivity index (χ3n) is 4.35. The van der Waals surface area contributed by atoms with Crippen molar-refractivity contribution in [3.8, 4) is 0 Å². The van der Waals surface area contributed by atoms with Crippen LogP contribution in [0.4, 0.5) is 0 Å². The maximum Gasteiger partial charge on any atom is 0.270 e. The van der Waals surface area contributed by atoms with Gasteiger partial charge in [0.25, 0.3) is 5.91 Å². The van der Waals surface area contributed by atoms with Gasteiger partial charge in [0, 0.05) is 25.8 Å². The van der Waals surface area contributed by atoms with E-state index in [1.165, 1.54) is 0 Å². The SMILES string of the molecule is CCN1CC(CO)(CO)Cn2cc(C(C)(C)C)cc2C1=O. The van der Waals surface area contributed by atoms with Crippen LogP contribution >= 0.6 is 0 Å². The van der Waals surface area contributed by atoms with Gasteiger partial charge >= 0.3 is 0 Å². The highest BCUT2D eigenvalue weighted by Gasteiger charge is 2.38. The van der Waals surface area contributed by atoms with Gasteiger partial charge < -0.3 is 19.7 Å². The van der Waals surface area contributed by atoms with Gasteiger partial charge in [0.15, 0.2) is 0 Å². The molecule has 0 saturated heterocycles. The summed E-state index contributed by atoms with van der Waals surface area (Å²) in [6, 6.07) is 1.94. The van der Waals surface area contributed by atoms with Crippen LogP contribution in [0, 0.1) is 5.41 Å². The van der Waals surface area contributed by atoms with Gasteiger partial charge in [-0.15, -0.1) is 0 Å². The number of aliphatic hydroxyl groups excluding tert-OH is 2. The smallest absolute Gasteiger partial charge is 0.270 e. The van der Waals surface area contributed by atoms with Crippen LogP contribution < -0.4 is 0 Å². The number of nitrogens with zero attached hydrogens (tertiary/aromatic N) is 2. The van der Waals surface area contributed by atoms with Crippen molar-refractivity contribution in [2.24, 2.45) is 5.41 Å². The highest BCUT2D eigenvalue weighted by molar-refractivity contribution is 5.93. The molecule has 1 aromatic rings. The van der Waals surface area contributed by atoms with Crippen LogP contribution in [0.25, 0.3) is 0 Å². The molecule has 5 heteroatoms. The van der Waals surface area contributed by atoms with E-state index in [4.69, 9.17) is 0 Å². The van der Waals surface area contributed by atoms with Crippen LogP contribution in [0.1, 0.15) is 43.7 Å². The van der Waals surface area contributed by atoms with Crippen molar-refractivity contribution in [1.82, 2.24) is 9.47 Å². The molecule has 118 valence electrons. The van der Waals surface area contributed by atoms with Gasteiger partial charge in [0.2, 0.25) is 0 Å².